The molecule has 16 heavy (non-hydrogen) atoms. The highest BCUT2D eigenvalue weighted by Crippen LogP contribution is 2.25. The number of nitro groups is 1. The molecule has 1 aromatic rings. The molecular formula is C10H11NO4S. The molecule has 0 unspecified atom stereocenters. The normalized spacial score (nSPS) is 9.88. The van der Waals surface area contributed by atoms with Gasteiger partial charge in [-0.3, -0.25) is 10.1 Å². The molecule has 0 bridgehead atoms. The molecule has 0 aliphatic carbocycles. The highest BCUT2D eigenvalue weighted by atomic mass is 32.2. The van der Waals surface area contributed by atoms with Gasteiger partial charge in [-0.15, -0.1) is 11.8 Å². The minimum atomic E-state index is -0.665. The predicted molar refractivity (Wildman–Crippen MR) is 60.8 cm³/mol. The maximum absolute atomic E-state index is 11.4. The van der Waals surface area contributed by atoms with Crippen LogP contribution in [0, 0.1) is 10.1 Å². The lowest BCUT2D eigenvalue weighted by atomic mass is 10.2. The maximum Gasteiger partial charge on any atom is 0.345 e. The van der Waals surface area contributed by atoms with E-state index in [4.69, 9.17) is 4.74 Å². The van der Waals surface area contributed by atoms with Crippen molar-refractivity contribution in [2.75, 3.05) is 12.9 Å². The average molecular weight is 241 g/mol. The number of rotatable bonds is 4. The second kappa shape index (κ2) is 5.50. The van der Waals surface area contributed by atoms with E-state index in [9.17, 15) is 14.9 Å². The molecule has 0 aliphatic heterocycles. The van der Waals surface area contributed by atoms with E-state index in [1.54, 1.807) is 13.0 Å². The van der Waals surface area contributed by atoms with Crippen LogP contribution in [-0.2, 0) is 4.74 Å². The summed E-state index contributed by atoms with van der Waals surface area (Å²) < 4.78 is 4.74. The monoisotopic (exact) mass is 241 g/mol. The molecule has 1 aromatic carbocycles. The molecule has 5 nitrogen and oxygen atoms in total. The Morgan fingerprint density at radius 3 is 2.75 bits per heavy atom. The fraction of sp³-hybridized carbons (Fsp3) is 0.300. The van der Waals surface area contributed by atoms with Crippen LogP contribution in [0.1, 0.15) is 17.3 Å². The molecule has 0 spiro atoms. The largest absolute Gasteiger partial charge is 0.462 e. The fourth-order valence-electron chi connectivity index (χ4n) is 1.17. The van der Waals surface area contributed by atoms with Crippen LogP contribution in [0.4, 0.5) is 5.69 Å². The number of nitro benzene ring substituents is 1. The van der Waals surface area contributed by atoms with Gasteiger partial charge in [-0.05, 0) is 25.3 Å². The molecule has 0 N–H and O–H groups in total. The third kappa shape index (κ3) is 2.73. The molecule has 0 saturated carbocycles. The highest BCUT2D eigenvalue weighted by molar-refractivity contribution is 7.98. The molecule has 0 aliphatic rings. The van der Waals surface area contributed by atoms with E-state index in [1.807, 2.05) is 6.26 Å². The van der Waals surface area contributed by atoms with Crippen LogP contribution in [0.2, 0.25) is 0 Å². The number of thioether (sulfide) groups is 1. The van der Waals surface area contributed by atoms with E-state index < -0.39 is 10.9 Å². The first-order chi connectivity index (χ1) is 7.60. The lowest BCUT2D eigenvalue weighted by Gasteiger charge is -2.04. The Labute approximate surface area is 96.9 Å². The van der Waals surface area contributed by atoms with Crippen LogP contribution in [0.15, 0.2) is 23.1 Å². The number of carbonyl (C=O) groups is 1. The Hall–Kier alpha value is -1.56. The Balaban J connectivity index is 3.17. The minimum Gasteiger partial charge on any atom is -0.462 e. The Morgan fingerprint density at radius 1 is 1.56 bits per heavy atom. The second-order valence-corrected chi connectivity index (χ2v) is 3.74. The van der Waals surface area contributed by atoms with Crippen molar-refractivity contribution in [1.29, 1.82) is 0 Å². The van der Waals surface area contributed by atoms with Gasteiger partial charge in [0.2, 0.25) is 0 Å². The van der Waals surface area contributed by atoms with E-state index in [1.165, 1.54) is 23.9 Å². The van der Waals surface area contributed by atoms with Crippen LogP contribution >= 0.6 is 11.8 Å². The zero-order valence-corrected chi connectivity index (χ0v) is 9.74. The quantitative estimate of drug-likeness (QED) is 0.350. The highest BCUT2D eigenvalue weighted by Gasteiger charge is 2.21. The average Bonchev–Trinajstić information content (AvgIpc) is 2.28. The van der Waals surface area contributed by atoms with E-state index >= 15 is 0 Å². The SMILES string of the molecule is CCOC(=O)c1ccc(SC)cc1[N+](=O)[O-]. The summed E-state index contributed by atoms with van der Waals surface area (Å²) in [4.78, 5) is 22.4. The van der Waals surface area contributed by atoms with E-state index in [0.717, 1.165) is 4.90 Å². The molecule has 0 atom stereocenters. The molecule has 6 heteroatoms. The molecule has 0 heterocycles. The summed E-state index contributed by atoms with van der Waals surface area (Å²) in [6.45, 7) is 1.85. The number of esters is 1. The first-order valence-corrected chi connectivity index (χ1v) is 5.82. The van der Waals surface area contributed by atoms with Gasteiger partial charge in [-0.2, -0.15) is 0 Å². The molecule has 86 valence electrons. The first kappa shape index (κ1) is 12.5. The number of nitrogens with zero attached hydrogens (tertiary/aromatic N) is 1. The van der Waals surface area contributed by atoms with Crippen LogP contribution in [0.5, 0.6) is 0 Å². The zero-order valence-electron chi connectivity index (χ0n) is 8.93. The number of hydrogen-bond donors (Lipinski definition) is 0. The van der Waals surface area contributed by atoms with Gasteiger partial charge in [0, 0.05) is 11.0 Å². The standard InChI is InChI=1S/C10H11NO4S/c1-3-15-10(12)8-5-4-7(16-2)6-9(8)11(13)14/h4-6H,3H2,1-2H3. The van der Waals surface area contributed by atoms with Crippen molar-refractivity contribution >= 4 is 23.4 Å². The summed E-state index contributed by atoms with van der Waals surface area (Å²) >= 11 is 1.38. The number of hydrogen-bond acceptors (Lipinski definition) is 5. The van der Waals surface area contributed by atoms with Crippen molar-refractivity contribution in [3.63, 3.8) is 0 Å². The van der Waals surface area contributed by atoms with Crippen LogP contribution in [0.3, 0.4) is 0 Å². The van der Waals surface area contributed by atoms with Crippen molar-refractivity contribution in [2.45, 2.75) is 11.8 Å². The molecule has 1 rings (SSSR count). The van der Waals surface area contributed by atoms with Crippen molar-refractivity contribution < 1.29 is 14.5 Å². The number of ether oxygens (including phenoxy) is 1. The topological polar surface area (TPSA) is 69.4 Å². The Kier molecular flexibility index (Phi) is 4.30. The van der Waals surface area contributed by atoms with Gasteiger partial charge >= 0.3 is 5.97 Å². The minimum absolute atomic E-state index is 0.00958. The molecule has 0 fully saturated rings. The smallest absolute Gasteiger partial charge is 0.345 e. The Bertz CT molecular complexity index is 419. The number of carbonyl (C=O) groups excluding carboxylic acids is 1. The second-order valence-electron chi connectivity index (χ2n) is 2.86. The van der Waals surface area contributed by atoms with E-state index in [-0.39, 0.29) is 17.9 Å². The zero-order chi connectivity index (χ0) is 12.1. The number of benzene rings is 1. The van der Waals surface area contributed by atoms with Gasteiger partial charge in [0.1, 0.15) is 5.56 Å². The maximum atomic E-state index is 11.4. The Morgan fingerprint density at radius 2 is 2.25 bits per heavy atom. The van der Waals surface area contributed by atoms with Crippen molar-refractivity contribution in [1.82, 2.24) is 0 Å². The van der Waals surface area contributed by atoms with Crippen molar-refractivity contribution in [3.8, 4) is 0 Å². The van der Waals surface area contributed by atoms with Crippen LogP contribution in [-0.4, -0.2) is 23.8 Å². The summed E-state index contributed by atoms with van der Waals surface area (Å²) in [5, 5.41) is 10.8. The summed E-state index contributed by atoms with van der Waals surface area (Å²) in [5.74, 6) is -0.665. The fourth-order valence-corrected chi connectivity index (χ4v) is 1.60. The predicted octanol–water partition coefficient (Wildman–Crippen LogP) is 2.49. The first-order valence-electron chi connectivity index (χ1n) is 4.59. The van der Waals surface area contributed by atoms with Gasteiger partial charge < -0.3 is 4.74 Å². The van der Waals surface area contributed by atoms with Gasteiger partial charge in [-0.1, -0.05) is 0 Å². The van der Waals surface area contributed by atoms with Crippen LogP contribution in [0.25, 0.3) is 0 Å². The summed E-state index contributed by atoms with van der Waals surface area (Å²) in [6, 6.07) is 4.45. The van der Waals surface area contributed by atoms with Gasteiger partial charge in [-0.25, -0.2) is 4.79 Å². The molecule has 0 amide bonds. The lowest BCUT2D eigenvalue weighted by Crippen LogP contribution is -2.07. The summed E-state index contributed by atoms with van der Waals surface area (Å²) in [5.41, 5.74) is -0.227. The van der Waals surface area contributed by atoms with Gasteiger partial charge in [0.25, 0.3) is 5.69 Å². The summed E-state index contributed by atoms with van der Waals surface area (Å²) in [7, 11) is 0. The third-order valence-electron chi connectivity index (χ3n) is 1.90. The third-order valence-corrected chi connectivity index (χ3v) is 2.62. The van der Waals surface area contributed by atoms with Crippen molar-refractivity contribution in [2.24, 2.45) is 0 Å². The molecule has 0 radical (unpaired) electrons. The van der Waals surface area contributed by atoms with Gasteiger partial charge in [0.15, 0.2) is 0 Å². The van der Waals surface area contributed by atoms with Crippen LogP contribution < -0.4 is 0 Å². The molecular weight excluding hydrogens is 230 g/mol. The summed E-state index contributed by atoms with van der Waals surface area (Å²) in [6.07, 6.45) is 1.81. The molecule has 0 saturated heterocycles. The lowest BCUT2D eigenvalue weighted by molar-refractivity contribution is -0.385. The van der Waals surface area contributed by atoms with Gasteiger partial charge in [0.05, 0.1) is 11.5 Å². The van der Waals surface area contributed by atoms with Crippen molar-refractivity contribution in [3.05, 3.63) is 33.9 Å². The van der Waals surface area contributed by atoms with E-state index in [0.29, 0.717) is 0 Å². The van der Waals surface area contributed by atoms with E-state index in [2.05, 4.69) is 0 Å². The molecule has 0 aromatic heterocycles.